The fourth-order valence-corrected chi connectivity index (χ4v) is 2.51. The number of rotatable bonds is 5. The second kappa shape index (κ2) is 6.59. The zero-order valence-corrected chi connectivity index (χ0v) is 11.7. The number of ether oxygens (including phenoxy) is 1. The maximum Gasteiger partial charge on any atom is 0.311 e. The highest BCUT2D eigenvalue weighted by Crippen LogP contribution is 2.37. The van der Waals surface area contributed by atoms with Gasteiger partial charge in [-0.15, -0.1) is 0 Å². The molecule has 0 N–H and O–H groups in total. The minimum absolute atomic E-state index is 0.0349. The van der Waals surface area contributed by atoms with Gasteiger partial charge in [-0.1, -0.05) is 0 Å². The van der Waals surface area contributed by atoms with E-state index in [1.54, 1.807) is 20.8 Å². The molecule has 1 heterocycles. The van der Waals surface area contributed by atoms with Crippen LogP contribution in [0.1, 0.15) is 33.6 Å². The molecular weight excluding hydrogens is 259 g/mol. The summed E-state index contributed by atoms with van der Waals surface area (Å²) in [7, 11) is 0. The highest BCUT2D eigenvalue weighted by atomic mass is 19.3. The van der Waals surface area contributed by atoms with Gasteiger partial charge in [0, 0.05) is 13.1 Å². The van der Waals surface area contributed by atoms with Gasteiger partial charge in [0.25, 0.3) is 6.43 Å². The van der Waals surface area contributed by atoms with Gasteiger partial charge in [0.2, 0.25) is 6.30 Å². The van der Waals surface area contributed by atoms with E-state index >= 15 is 0 Å². The zero-order valence-electron chi connectivity index (χ0n) is 11.7. The summed E-state index contributed by atoms with van der Waals surface area (Å²) < 4.78 is 42.8. The van der Waals surface area contributed by atoms with Crippen LogP contribution < -0.4 is 0 Å². The second-order valence-electron chi connectivity index (χ2n) is 5.46. The van der Waals surface area contributed by atoms with Crippen LogP contribution in [0.15, 0.2) is 0 Å². The molecule has 1 aliphatic rings. The van der Waals surface area contributed by atoms with Gasteiger partial charge in [-0.3, -0.25) is 9.69 Å². The summed E-state index contributed by atoms with van der Waals surface area (Å²) in [6.45, 7) is 6.15. The second-order valence-corrected chi connectivity index (χ2v) is 5.46. The van der Waals surface area contributed by atoms with Crippen LogP contribution in [-0.4, -0.2) is 43.3 Å². The first kappa shape index (κ1) is 16.3. The van der Waals surface area contributed by atoms with Crippen LogP contribution >= 0.6 is 0 Å². The van der Waals surface area contributed by atoms with Crippen LogP contribution in [0, 0.1) is 11.3 Å². The van der Waals surface area contributed by atoms with E-state index in [9.17, 15) is 18.0 Å². The molecule has 0 amide bonds. The van der Waals surface area contributed by atoms with Crippen molar-refractivity contribution in [1.29, 1.82) is 0 Å². The summed E-state index contributed by atoms with van der Waals surface area (Å²) in [5, 5.41) is 0. The number of esters is 1. The Morgan fingerprint density at radius 3 is 2.26 bits per heavy atom. The van der Waals surface area contributed by atoms with Gasteiger partial charge < -0.3 is 4.74 Å². The maximum absolute atomic E-state index is 13.2. The topological polar surface area (TPSA) is 29.5 Å². The van der Waals surface area contributed by atoms with Gasteiger partial charge in [-0.05, 0) is 39.5 Å². The van der Waals surface area contributed by atoms with Crippen molar-refractivity contribution in [2.45, 2.75) is 46.3 Å². The van der Waals surface area contributed by atoms with Crippen molar-refractivity contribution in [2.75, 3.05) is 19.7 Å². The van der Waals surface area contributed by atoms with Gasteiger partial charge in [0.05, 0.1) is 12.0 Å². The van der Waals surface area contributed by atoms with E-state index in [0.717, 1.165) is 4.90 Å². The third-order valence-corrected chi connectivity index (χ3v) is 3.91. The van der Waals surface area contributed by atoms with Crippen LogP contribution in [0.2, 0.25) is 0 Å². The molecule has 1 saturated heterocycles. The van der Waals surface area contributed by atoms with Crippen LogP contribution in [0.25, 0.3) is 0 Å². The van der Waals surface area contributed by atoms with Crippen molar-refractivity contribution < 1.29 is 22.7 Å². The Morgan fingerprint density at radius 2 is 1.84 bits per heavy atom. The largest absolute Gasteiger partial charge is 0.466 e. The molecule has 112 valence electrons. The van der Waals surface area contributed by atoms with Crippen molar-refractivity contribution in [3.63, 3.8) is 0 Å². The Hall–Kier alpha value is -0.780. The van der Waals surface area contributed by atoms with Gasteiger partial charge in [-0.2, -0.15) is 0 Å². The Kier molecular flexibility index (Phi) is 5.64. The molecule has 0 aromatic carbocycles. The monoisotopic (exact) mass is 281 g/mol. The molecule has 3 nitrogen and oxygen atoms in total. The molecule has 0 bridgehead atoms. The number of halogens is 3. The summed E-state index contributed by atoms with van der Waals surface area (Å²) in [5.41, 5.74) is -0.654. The predicted molar refractivity (Wildman–Crippen MR) is 65.6 cm³/mol. The van der Waals surface area contributed by atoms with Crippen LogP contribution in [0.3, 0.4) is 0 Å². The summed E-state index contributed by atoms with van der Waals surface area (Å²) >= 11 is 0. The normalized spacial score (nSPS) is 20.6. The third-order valence-electron chi connectivity index (χ3n) is 3.91. The minimum Gasteiger partial charge on any atom is -0.466 e. The van der Waals surface area contributed by atoms with Crippen molar-refractivity contribution in [1.82, 2.24) is 4.90 Å². The number of carbonyl (C=O) groups is 1. The van der Waals surface area contributed by atoms with Gasteiger partial charge in [0.1, 0.15) is 0 Å². The first-order valence-corrected chi connectivity index (χ1v) is 6.64. The van der Waals surface area contributed by atoms with E-state index in [1.165, 1.54) is 0 Å². The number of nitrogens with zero attached hydrogens (tertiary/aromatic N) is 1. The molecule has 0 radical (unpaired) electrons. The molecule has 0 aromatic rings. The summed E-state index contributed by atoms with van der Waals surface area (Å²) in [6, 6.07) is 0. The van der Waals surface area contributed by atoms with Gasteiger partial charge >= 0.3 is 5.97 Å². The fourth-order valence-electron chi connectivity index (χ4n) is 2.51. The van der Waals surface area contributed by atoms with E-state index in [0.29, 0.717) is 19.4 Å². The third kappa shape index (κ3) is 3.84. The van der Waals surface area contributed by atoms with Crippen molar-refractivity contribution in [3.8, 4) is 0 Å². The first-order chi connectivity index (χ1) is 8.80. The highest BCUT2D eigenvalue weighted by molar-refractivity contribution is 5.76. The average Bonchev–Trinajstić information content (AvgIpc) is 2.38. The minimum atomic E-state index is -2.98. The first-order valence-electron chi connectivity index (χ1n) is 6.64. The molecule has 1 unspecified atom stereocenters. The number of likely N-dealkylation sites (tertiary alicyclic amines) is 1. The quantitative estimate of drug-likeness (QED) is 0.573. The molecular formula is C13H22F3NO2. The Balaban J connectivity index is 2.55. The van der Waals surface area contributed by atoms with E-state index < -0.39 is 18.1 Å². The molecule has 1 fully saturated rings. The molecule has 1 rings (SSSR count). The van der Waals surface area contributed by atoms with Gasteiger partial charge in [0.15, 0.2) is 0 Å². The predicted octanol–water partition coefficient (Wildman–Crippen LogP) is 2.85. The van der Waals surface area contributed by atoms with E-state index in [4.69, 9.17) is 4.74 Å². The van der Waals surface area contributed by atoms with E-state index in [2.05, 4.69) is 0 Å². The molecule has 1 atom stereocenters. The van der Waals surface area contributed by atoms with Crippen LogP contribution in [-0.2, 0) is 9.53 Å². The number of alkyl halides is 3. The summed E-state index contributed by atoms with van der Waals surface area (Å²) in [5.74, 6) is -0.244. The number of hydrogen-bond acceptors (Lipinski definition) is 3. The number of carbonyl (C=O) groups excluding carboxylic acids is 1. The number of hydrogen-bond donors (Lipinski definition) is 0. The molecule has 6 heteroatoms. The van der Waals surface area contributed by atoms with E-state index in [-0.39, 0.29) is 25.0 Å². The SMILES string of the molecule is CCOC(=O)C(C)(C)C1CCN(C(F)C(F)F)CC1. The summed E-state index contributed by atoms with van der Waals surface area (Å²) in [4.78, 5) is 13.0. The lowest BCUT2D eigenvalue weighted by Gasteiger charge is -2.39. The zero-order chi connectivity index (χ0) is 14.6. The van der Waals surface area contributed by atoms with Crippen LogP contribution in [0.4, 0.5) is 13.2 Å². The van der Waals surface area contributed by atoms with Crippen molar-refractivity contribution in [2.24, 2.45) is 11.3 Å². The molecule has 0 aliphatic carbocycles. The molecule has 19 heavy (non-hydrogen) atoms. The summed E-state index contributed by atoms with van der Waals surface area (Å²) in [6.07, 6.45) is -4.13. The molecule has 0 spiro atoms. The average molecular weight is 281 g/mol. The smallest absolute Gasteiger partial charge is 0.311 e. The molecule has 0 aromatic heterocycles. The lowest BCUT2D eigenvalue weighted by atomic mass is 9.73. The Bertz CT molecular complexity index is 302. The standard InChI is InChI=1S/C13H22F3NO2/c1-4-19-12(18)13(2,3)9-5-7-17(8-6-9)11(16)10(14)15/h9-11H,4-8H2,1-3H3. The van der Waals surface area contributed by atoms with Crippen LogP contribution in [0.5, 0.6) is 0 Å². The van der Waals surface area contributed by atoms with Crippen molar-refractivity contribution >= 4 is 5.97 Å². The Morgan fingerprint density at radius 1 is 1.32 bits per heavy atom. The number of piperidine rings is 1. The molecule has 0 saturated carbocycles. The Labute approximate surface area is 112 Å². The maximum atomic E-state index is 13.2. The lowest BCUT2D eigenvalue weighted by Crippen LogP contribution is -2.47. The van der Waals surface area contributed by atoms with E-state index in [1.807, 2.05) is 0 Å². The fraction of sp³-hybridized carbons (Fsp3) is 0.923. The van der Waals surface area contributed by atoms with Crippen molar-refractivity contribution in [3.05, 3.63) is 0 Å². The lowest BCUT2D eigenvalue weighted by molar-refractivity contribution is -0.158. The molecule has 1 aliphatic heterocycles. The highest BCUT2D eigenvalue weighted by Gasteiger charge is 2.41. The van der Waals surface area contributed by atoms with Gasteiger partial charge in [-0.25, -0.2) is 13.2 Å².